The first-order chi connectivity index (χ1) is 8.92. The third-order valence-electron chi connectivity index (χ3n) is 3.22. The van der Waals surface area contributed by atoms with Crippen molar-refractivity contribution in [2.24, 2.45) is 11.7 Å². The first-order valence-corrected chi connectivity index (χ1v) is 8.00. The van der Waals surface area contributed by atoms with Gasteiger partial charge in [0.2, 0.25) is 11.8 Å². The van der Waals surface area contributed by atoms with Crippen LogP contribution in [0.1, 0.15) is 33.6 Å². The molecule has 6 heteroatoms. The number of likely N-dealkylation sites (N-methyl/N-ethyl adjacent to an activating group) is 1. The molecule has 1 aliphatic carbocycles. The van der Waals surface area contributed by atoms with E-state index in [1.54, 1.807) is 0 Å². The first-order valence-electron chi connectivity index (χ1n) is 6.84. The Morgan fingerprint density at radius 1 is 1.42 bits per heavy atom. The Bertz CT molecular complexity index is 332. The van der Waals surface area contributed by atoms with Crippen LogP contribution in [-0.4, -0.2) is 41.4 Å². The molecule has 0 aromatic heterocycles. The van der Waals surface area contributed by atoms with E-state index in [4.69, 9.17) is 5.73 Å². The Labute approximate surface area is 119 Å². The van der Waals surface area contributed by atoms with Crippen LogP contribution in [0.15, 0.2) is 0 Å². The number of nitrogens with one attached hydrogen (secondary N) is 2. The van der Waals surface area contributed by atoms with Crippen LogP contribution in [0.3, 0.4) is 0 Å². The van der Waals surface area contributed by atoms with E-state index in [-0.39, 0.29) is 17.9 Å². The number of carbonyl (C=O) groups is 2. The third kappa shape index (κ3) is 4.69. The van der Waals surface area contributed by atoms with Crippen molar-refractivity contribution >= 4 is 23.6 Å². The van der Waals surface area contributed by atoms with Gasteiger partial charge >= 0.3 is 0 Å². The van der Waals surface area contributed by atoms with Crippen LogP contribution < -0.4 is 16.4 Å². The van der Waals surface area contributed by atoms with Crippen LogP contribution in [-0.2, 0) is 9.59 Å². The molecule has 1 unspecified atom stereocenters. The third-order valence-corrected chi connectivity index (χ3v) is 4.34. The molecule has 2 amide bonds. The molecule has 5 nitrogen and oxygen atoms in total. The van der Waals surface area contributed by atoms with Gasteiger partial charge in [-0.25, -0.2) is 0 Å². The smallest absolute Gasteiger partial charge is 0.238 e. The van der Waals surface area contributed by atoms with Crippen molar-refractivity contribution in [2.45, 2.75) is 45.2 Å². The highest BCUT2D eigenvalue weighted by atomic mass is 32.2. The molecule has 0 bridgehead atoms. The van der Waals surface area contributed by atoms with Crippen molar-refractivity contribution < 1.29 is 9.59 Å². The molecule has 1 fully saturated rings. The number of carbonyl (C=O) groups excluding carboxylic acids is 2. The van der Waals surface area contributed by atoms with Crippen molar-refractivity contribution in [3.05, 3.63) is 0 Å². The van der Waals surface area contributed by atoms with E-state index in [1.807, 2.05) is 20.8 Å². The summed E-state index contributed by atoms with van der Waals surface area (Å²) >= 11 is 1.47. The van der Waals surface area contributed by atoms with Crippen LogP contribution in [0, 0.1) is 5.92 Å². The van der Waals surface area contributed by atoms with Crippen LogP contribution in [0.2, 0.25) is 0 Å². The van der Waals surface area contributed by atoms with Gasteiger partial charge in [0.25, 0.3) is 0 Å². The maximum absolute atomic E-state index is 11.8. The standard InChI is InChI=1S/C13H25N3O2S/c1-4-15-13(12(14)18,10-5-6-10)8-19-7-11(17)16-9(2)3/h9-10,15H,4-8H2,1-3H3,(H2,14,18)(H,16,17). The highest BCUT2D eigenvalue weighted by molar-refractivity contribution is 8.00. The molecule has 1 saturated carbocycles. The predicted molar refractivity (Wildman–Crippen MR) is 78.9 cm³/mol. The summed E-state index contributed by atoms with van der Waals surface area (Å²) in [6, 6.07) is 0.145. The molecule has 1 atom stereocenters. The minimum Gasteiger partial charge on any atom is -0.368 e. The van der Waals surface area contributed by atoms with E-state index >= 15 is 0 Å². The SMILES string of the molecule is CCNC(CSCC(=O)NC(C)C)(C(N)=O)C1CC1. The van der Waals surface area contributed by atoms with E-state index in [0.717, 1.165) is 12.8 Å². The van der Waals surface area contributed by atoms with Crippen molar-refractivity contribution in [2.75, 3.05) is 18.1 Å². The summed E-state index contributed by atoms with van der Waals surface area (Å²) in [5, 5.41) is 6.08. The molecule has 0 saturated heterocycles. The second-order valence-electron chi connectivity index (χ2n) is 5.36. The summed E-state index contributed by atoms with van der Waals surface area (Å²) in [7, 11) is 0. The van der Waals surface area contributed by atoms with E-state index in [1.165, 1.54) is 11.8 Å². The number of hydrogen-bond donors (Lipinski definition) is 3. The molecule has 0 heterocycles. The van der Waals surface area contributed by atoms with E-state index in [0.29, 0.717) is 24.0 Å². The van der Waals surface area contributed by atoms with Gasteiger partial charge in [-0.2, -0.15) is 0 Å². The van der Waals surface area contributed by atoms with Crippen molar-refractivity contribution in [3.8, 4) is 0 Å². The second kappa shape index (κ2) is 7.14. The lowest BCUT2D eigenvalue weighted by molar-refractivity contribution is -0.124. The predicted octanol–water partition coefficient (Wildman–Crippen LogP) is 0.488. The van der Waals surface area contributed by atoms with E-state index in [9.17, 15) is 9.59 Å². The fourth-order valence-electron chi connectivity index (χ4n) is 2.23. The largest absolute Gasteiger partial charge is 0.368 e. The Hall–Kier alpha value is -0.750. The molecule has 0 radical (unpaired) electrons. The number of amides is 2. The lowest BCUT2D eigenvalue weighted by Crippen LogP contribution is -2.59. The Morgan fingerprint density at radius 2 is 2.05 bits per heavy atom. The van der Waals surface area contributed by atoms with Gasteiger partial charge in [0.05, 0.1) is 5.75 Å². The minimum atomic E-state index is -0.641. The quantitative estimate of drug-likeness (QED) is 0.576. The Balaban J connectivity index is 2.49. The molecule has 4 N–H and O–H groups in total. The molecule has 1 aliphatic rings. The van der Waals surface area contributed by atoms with Gasteiger partial charge in [-0.3, -0.25) is 9.59 Å². The van der Waals surface area contributed by atoms with Crippen LogP contribution >= 0.6 is 11.8 Å². The monoisotopic (exact) mass is 287 g/mol. The topological polar surface area (TPSA) is 84.2 Å². The van der Waals surface area contributed by atoms with Crippen molar-refractivity contribution in [3.63, 3.8) is 0 Å². The molecular weight excluding hydrogens is 262 g/mol. The Kier molecular flexibility index (Phi) is 6.13. The van der Waals surface area contributed by atoms with Gasteiger partial charge in [-0.05, 0) is 39.2 Å². The summed E-state index contributed by atoms with van der Waals surface area (Å²) in [4.78, 5) is 23.4. The van der Waals surface area contributed by atoms with Gasteiger partial charge in [0.15, 0.2) is 0 Å². The zero-order chi connectivity index (χ0) is 14.5. The van der Waals surface area contributed by atoms with Gasteiger partial charge in [-0.15, -0.1) is 11.8 Å². The van der Waals surface area contributed by atoms with Gasteiger partial charge in [-0.1, -0.05) is 6.92 Å². The number of primary amides is 1. The van der Waals surface area contributed by atoms with Crippen molar-refractivity contribution in [1.82, 2.24) is 10.6 Å². The lowest BCUT2D eigenvalue weighted by Gasteiger charge is -2.31. The summed E-state index contributed by atoms with van der Waals surface area (Å²) < 4.78 is 0. The maximum atomic E-state index is 11.8. The average molecular weight is 287 g/mol. The molecule has 0 aliphatic heterocycles. The Morgan fingerprint density at radius 3 is 2.47 bits per heavy atom. The summed E-state index contributed by atoms with van der Waals surface area (Å²) in [5.74, 6) is 0.961. The molecule has 0 aromatic rings. The van der Waals surface area contributed by atoms with Crippen LogP contribution in [0.25, 0.3) is 0 Å². The second-order valence-corrected chi connectivity index (χ2v) is 6.34. The van der Waals surface area contributed by atoms with Gasteiger partial charge < -0.3 is 16.4 Å². The zero-order valence-corrected chi connectivity index (χ0v) is 12.8. The fraction of sp³-hybridized carbons (Fsp3) is 0.846. The van der Waals surface area contributed by atoms with Crippen LogP contribution in [0.4, 0.5) is 0 Å². The molecule has 19 heavy (non-hydrogen) atoms. The summed E-state index contributed by atoms with van der Waals surface area (Å²) in [5.41, 5.74) is 4.94. The lowest BCUT2D eigenvalue weighted by atomic mass is 9.94. The van der Waals surface area contributed by atoms with Crippen LogP contribution in [0.5, 0.6) is 0 Å². The van der Waals surface area contributed by atoms with Gasteiger partial charge in [0.1, 0.15) is 5.54 Å². The molecule has 0 spiro atoms. The fourth-order valence-corrected chi connectivity index (χ4v) is 3.41. The number of thioether (sulfide) groups is 1. The highest BCUT2D eigenvalue weighted by Gasteiger charge is 2.49. The molecule has 0 aromatic carbocycles. The van der Waals surface area contributed by atoms with Crippen molar-refractivity contribution in [1.29, 1.82) is 0 Å². The average Bonchev–Trinajstić information content (AvgIpc) is 3.10. The number of nitrogens with two attached hydrogens (primary N) is 1. The molecule has 1 rings (SSSR count). The molecular formula is C13H25N3O2S. The van der Waals surface area contributed by atoms with E-state index in [2.05, 4.69) is 10.6 Å². The van der Waals surface area contributed by atoms with Gasteiger partial charge in [0, 0.05) is 11.8 Å². The van der Waals surface area contributed by atoms with E-state index < -0.39 is 5.54 Å². The summed E-state index contributed by atoms with van der Waals surface area (Å²) in [6.45, 7) is 6.53. The zero-order valence-electron chi connectivity index (χ0n) is 12.0. The minimum absolute atomic E-state index is 0.00525. The normalized spacial score (nSPS) is 18.1. The number of hydrogen-bond acceptors (Lipinski definition) is 4. The maximum Gasteiger partial charge on any atom is 0.238 e. The summed E-state index contributed by atoms with van der Waals surface area (Å²) in [6.07, 6.45) is 2.07. The highest BCUT2D eigenvalue weighted by Crippen LogP contribution is 2.41. The number of rotatable bonds is 9. The first kappa shape index (κ1) is 16.3. The molecule has 110 valence electrons.